The number of likely N-dealkylation sites (tertiary alicyclic amines) is 1. The number of amides is 1. The molecule has 11 heteroatoms. The van der Waals surface area contributed by atoms with Crippen molar-refractivity contribution < 1.29 is 23.1 Å². The third kappa shape index (κ3) is 5.05. The highest BCUT2D eigenvalue weighted by molar-refractivity contribution is 7.94. The first-order chi connectivity index (χ1) is 15.3. The molecule has 9 nitrogen and oxygen atoms in total. The number of nitrogens with one attached hydrogen (secondary N) is 1. The summed E-state index contributed by atoms with van der Waals surface area (Å²) in [5.74, 6) is -0.968. The van der Waals surface area contributed by atoms with Crippen molar-refractivity contribution in [3.63, 3.8) is 0 Å². The standard InChI is InChI=1S/C21H26N4O5S2/c26-19(25-7-1-2-8-25)15-23-9-11-24(12-10-23)18-6-5-16(21(27)28)14-17(18)22-32(29,30)20-4-3-13-31-20/h3-6,13-14,22H,1-2,7-12,15H2,(H,27,28). The average molecular weight is 479 g/mol. The van der Waals surface area contributed by atoms with E-state index in [1.54, 1.807) is 17.5 Å². The van der Waals surface area contributed by atoms with Gasteiger partial charge in [0.1, 0.15) is 4.21 Å². The molecule has 2 aliphatic heterocycles. The number of carboxylic acid groups (broad SMARTS) is 1. The summed E-state index contributed by atoms with van der Waals surface area (Å²) >= 11 is 1.09. The van der Waals surface area contributed by atoms with E-state index in [2.05, 4.69) is 9.62 Å². The smallest absolute Gasteiger partial charge is 0.335 e. The van der Waals surface area contributed by atoms with E-state index in [0.29, 0.717) is 38.4 Å². The molecule has 0 spiro atoms. The Labute approximate surface area is 191 Å². The molecular weight excluding hydrogens is 452 g/mol. The highest BCUT2D eigenvalue weighted by Gasteiger charge is 2.26. The van der Waals surface area contributed by atoms with Crippen molar-refractivity contribution in [2.75, 3.05) is 55.4 Å². The van der Waals surface area contributed by atoms with Crippen molar-refractivity contribution in [2.24, 2.45) is 0 Å². The first kappa shape index (κ1) is 22.6. The van der Waals surface area contributed by atoms with Gasteiger partial charge >= 0.3 is 5.97 Å². The normalized spacial score (nSPS) is 17.5. The number of carboxylic acids is 1. The Kier molecular flexibility index (Phi) is 6.68. The van der Waals surface area contributed by atoms with Gasteiger partial charge in [0, 0.05) is 39.3 Å². The Bertz CT molecular complexity index is 1070. The average Bonchev–Trinajstić information content (AvgIpc) is 3.49. The number of piperazine rings is 1. The molecule has 2 aliphatic rings. The zero-order valence-corrected chi connectivity index (χ0v) is 19.2. The largest absolute Gasteiger partial charge is 0.478 e. The molecule has 0 aliphatic carbocycles. The lowest BCUT2D eigenvalue weighted by Crippen LogP contribution is -2.50. The number of hydrogen-bond donors (Lipinski definition) is 2. The molecule has 4 rings (SSSR count). The minimum Gasteiger partial charge on any atom is -0.478 e. The van der Waals surface area contributed by atoms with Gasteiger partial charge in [-0.2, -0.15) is 0 Å². The Morgan fingerprint density at radius 2 is 1.75 bits per heavy atom. The minimum atomic E-state index is -3.82. The Balaban J connectivity index is 1.48. The van der Waals surface area contributed by atoms with Crippen LogP contribution in [0.15, 0.2) is 39.9 Å². The Morgan fingerprint density at radius 1 is 1.03 bits per heavy atom. The molecule has 1 aromatic heterocycles. The molecule has 2 fully saturated rings. The molecule has 2 saturated heterocycles. The van der Waals surface area contributed by atoms with Crippen molar-refractivity contribution in [2.45, 2.75) is 17.1 Å². The predicted octanol–water partition coefficient (Wildman–Crippen LogP) is 1.99. The molecule has 3 heterocycles. The van der Waals surface area contributed by atoms with Crippen LogP contribution in [-0.4, -0.2) is 81.0 Å². The highest BCUT2D eigenvalue weighted by atomic mass is 32.2. The van der Waals surface area contributed by atoms with Gasteiger partial charge in [-0.25, -0.2) is 13.2 Å². The molecule has 32 heavy (non-hydrogen) atoms. The number of anilines is 2. The molecule has 1 amide bonds. The van der Waals surface area contributed by atoms with E-state index in [0.717, 1.165) is 37.3 Å². The van der Waals surface area contributed by atoms with Gasteiger partial charge in [-0.05, 0) is 42.5 Å². The minimum absolute atomic E-state index is 0.00692. The van der Waals surface area contributed by atoms with Crippen LogP contribution in [0.2, 0.25) is 0 Å². The first-order valence-corrected chi connectivity index (χ1v) is 12.9. The van der Waals surface area contributed by atoms with E-state index in [-0.39, 0.29) is 21.4 Å². The zero-order chi connectivity index (χ0) is 22.7. The van der Waals surface area contributed by atoms with Crippen molar-refractivity contribution in [3.8, 4) is 0 Å². The zero-order valence-electron chi connectivity index (χ0n) is 17.6. The third-order valence-corrected chi connectivity index (χ3v) is 8.54. The van der Waals surface area contributed by atoms with Crippen molar-refractivity contribution in [3.05, 3.63) is 41.3 Å². The van der Waals surface area contributed by atoms with E-state index < -0.39 is 16.0 Å². The Hall–Kier alpha value is -2.63. The van der Waals surface area contributed by atoms with Gasteiger partial charge in [0.25, 0.3) is 10.0 Å². The van der Waals surface area contributed by atoms with Gasteiger partial charge in [-0.15, -0.1) is 11.3 Å². The summed E-state index contributed by atoms with van der Waals surface area (Å²) in [5.41, 5.74) is 0.869. The van der Waals surface area contributed by atoms with Crippen LogP contribution in [0.25, 0.3) is 0 Å². The maximum Gasteiger partial charge on any atom is 0.335 e. The predicted molar refractivity (Wildman–Crippen MR) is 123 cm³/mol. The van der Waals surface area contributed by atoms with Crippen LogP contribution in [0.3, 0.4) is 0 Å². The molecule has 2 N–H and O–H groups in total. The first-order valence-electron chi connectivity index (χ1n) is 10.5. The van der Waals surface area contributed by atoms with Crippen LogP contribution in [0, 0.1) is 0 Å². The summed E-state index contributed by atoms with van der Waals surface area (Å²) in [4.78, 5) is 29.9. The monoisotopic (exact) mass is 478 g/mol. The second-order valence-corrected chi connectivity index (χ2v) is 10.8. The third-order valence-electron chi connectivity index (χ3n) is 5.78. The van der Waals surface area contributed by atoms with Gasteiger partial charge in [0.2, 0.25) is 5.91 Å². The fraction of sp³-hybridized carbons (Fsp3) is 0.429. The lowest BCUT2D eigenvalue weighted by molar-refractivity contribution is -0.131. The number of nitrogens with zero attached hydrogens (tertiary/aromatic N) is 3. The fourth-order valence-electron chi connectivity index (χ4n) is 4.04. The number of carbonyl (C=O) groups excluding carboxylic acids is 1. The number of thiophene rings is 1. The van der Waals surface area contributed by atoms with E-state index in [9.17, 15) is 23.1 Å². The van der Waals surface area contributed by atoms with Gasteiger partial charge < -0.3 is 14.9 Å². The maximum absolute atomic E-state index is 12.8. The van der Waals surface area contributed by atoms with Crippen LogP contribution in [0.5, 0.6) is 0 Å². The van der Waals surface area contributed by atoms with Crippen LogP contribution in [0.1, 0.15) is 23.2 Å². The van der Waals surface area contributed by atoms with E-state index >= 15 is 0 Å². The Morgan fingerprint density at radius 3 is 2.38 bits per heavy atom. The van der Waals surface area contributed by atoms with Gasteiger partial charge in [0.15, 0.2) is 0 Å². The number of rotatable bonds is 7. The van der Waals surface area contributed by atoms with Crippen LogP contribution in [-0.2, 0) is 14.8 Å². The molecule has 0 unspecified atom stereocenters. The van der Waals surface area contributed by atoms with E-state index in [1.165, 1.54) is 18.2 Å². The summed E-state index contributed by atoms with van der Waals surface area (Å²) in [6.45, 7) is 4.60. The topological polar surface area (TPSA) is 110 Å². The number of sulfonamides is 1. The maximum atomic E-state index is 12.8. The molecule has 1 aromatic carbocycles. The summed E-state index contributed by atoms with van der Waals surface area (Å²) in [6, 6.07) is 7.62. The molecule has 172 valence electrons. The van der Waals surface area contributed by atoms with Crippen LogP contribution >= 0.6 is 11.3 Å². The number of hydrogen-bond acceptors (Lipinski definition) is 7. The summed E-state index contributed by atoms with van der Waals surface area (Å²) < 4.78 is 28.2. The second-order valence-electron chi connectivity index (χ2n) is 7.93. The number of benzene rings is 1. The number of aromatic carboxylic acids is 1. The molecule has 2 aromatic rings. The molecule has 0 saturated carbocycles. The van der Waals surface area contributed by atoms with Crippen molar-refractivity contribution in [1.29, 1.82) is 0 Å². The summed E-state index contributed by atoms with van der Waals surface area (Å²) in [5, 5.41) is 11.0. The molecular formula is C21H26N4O5S2. The lowest BCUT2D eigenvalue weighted by Gasteiger charge is -2.37. The SMILES string of the molecule is O=C(O)c1ccc(N2CCN(CC(=O)N3CCCC3)CC2)c(NS(=O)(=O)c2cccs2)c1. The van der Waals surface area contributed by atoms with Gasteiger partial charge in [-0.1, -0.05) is 6.07 Å². The van der Waals surface area contributed by atoms with E-state index in [4.69, 9.17) is 0 Å². The lowest BCUT2D eigenvalue weighted by atomic mass is 10.1. The molecule has 0 atom stereocenters. The van der Waals surface area contributed by atoms with Crippen LogP contribution in [0.4, 0.5) is 11.4 Å². The number of carbonyl (C=O) groups is 2. The summed E-state index contributed by atoms with van der Waals surface area (Å²) in [7, 11) is -3.82. The van der Waals surface area contributed by atoms with E-state index in [1.807, 2.05) is 9.80 Å². The quantitative estimate of drug-likeness (QED) is 0.626. The molecule has 0 bridgehead atoms. The summed E-state index contributed by atoms with van der Waals surface area (Å²) in [6.07, 6.45) is 2.13. The van der Waals surface area contributed by atoms with Crippen molar-refractivity contribution in [1.82, 2.24) is 9.80 Å². The van der Waals surface area contributed by atoms with Crippen molar-refractivity contribution >= 4 is 44.6 Å². The highest BCUT2D eigenvalue weighted by Crippen LogP contribution is 2.31. The molecule has 0 radical (unpaired) electrons. The van der Waals surface area contributed by atoms with Gasteiger partial charge in [0.05, 0.1) is 23.5 Å². The van der Waals surface area contributed by atoms with Crippen LogP contribution < -0.4 is 9.62 Å². The second kappa shape index (κ2) is 9.47. The fourth-order valence-corrected chi connectivity index (χ4v) is 6.10. The van der Waals surface area contributed by atoms with Gasteiger partial charge in [-0.3, -0.25) is 14.4 Å².